The maximum absolute atomic E-state index is 12.8. The van der Waals surface area contributed by atoms with Gasteiger partial charge in [-0.3, -0.25) is 18.6 Å². The molecule has 10 heteroatoms. The number of carbonyl (C=O) groups is 2. The largest absolute Gasteiger partial charge is 0.472 e. The molecule has 0 heterocycles. The van der Waals surface area contributed by atoms with Gasteiger partial charge in [-0.1, -0.05) is 456 Å². The Hall–Kier alpha value is -1.25. The molecule has 0 radical (unpaired) electrons. The van der Waals surface area contributed by atoms with E-state index in [4.69, 9.17) is 24.3 Å². The fourth-order valence-corrected chi connectivity index (χ4v) is 14.7. The number of hydrogen-bond donors (Lipinski definition) is 2. The number of ether oxygens (including phenoxy) is 2. The van der Waals surface area contributed by atoms with Gasteiger partial charge in [0.15, 0.2) is 6.10 Å². The predicted molar refractivity (Wildman–Crippen MR) is 418 cm³/mol. The monoisotopic (exact) mass is 1380 g/mol. The van der Waals surface area contributed by atoms with Crippen molar-refractivity contribution < 1.29 is 37.6 Å². The maximum Gasteiger partial charge on any atom is 0.472 e. The van der Waals surface area contributed by atoms with E-state index in [0.29, 0.717) is 12.8 Å². The lowest BCUT2D eigenvalue weighted by molar-refractivity contribution is -0.161. The van der Waals surface area contributed by atoms with Crippen molar-refractivity contribution in [3.63, 3.8) is 0 Å². The number of allylic oxidation sites excluding steroid dienone is 2. The number of esters is 2. The molecule has 0 bridgehead atoms. The number of rotatable bonds is 85. The van der Waals surface area contributed by atoms with Gasteiger partial charge in [-0.05, 0) is 38.5 Å². The van der Waals surface area contributed by atoms with E-state index in [0.717, 1.165) is 32.1 Å². The lowest BCUT2D eigenvalue weighted by Crippen LogP contribution is -2.29. The fourth-order valence-electron chi connectivity index (χ4n) is 13.9. The van der Waals surface area contributed by atoms with Crippen molar-refractivity contribution in [1.29, 1.82) is 0 Å². The quantitative estimate of drug-likeness (QED) is 0.0264. The minimum Gasteiger partial charge on any atom is -0.462 e. The SMILES string of the molecule is CCCCCCCCCC/C=C\CCCCCCCCCCCCCCCCCCCCCCCCCCCCCC(=O)OC(COC(=O)CCCCCCCCCCCCCCCCCCCCCCCCCCCCCCCCCCCCCC)COP(=O)(O)OCCN. The molecule has 0 aromatic heterocycles. The minimum absolute atomic E-state index is 0.0584. The smallest absolute Gasteiger partial charge is 0.462 e. The van der Waals surface area contributed by atoms with Gasteiger partial charge in [0.2, 0.25) is 0 Å². The molecule has 0 aromatic rings. The Morgan fingerprint density at radius 3 is 0.740 bits per heavy atom. The van der Waals surface area contributed by atoms with Gasteiger partial charge in [0.1, 0.15) is 6.61 Å². The molecular formula is C86H170NO8P. The van der Waals surface area contributed by atoms with E-state index < -0.39 is 26.5 Å². The highest BCUT2D eigenvalue weighted by Crippen LogP contribution is 2.43. The van der Waals surface area contributed by atoms with E-state index in [1.807, 2.05) is 0 Å². The van der Waals surface area contributed by atoms with Crippen molar-refractivity contribution in [1.82, 2.24) is 0 Å². The van der Waals surface area contributed by atoms with Crippen molar-refractivity contribution in [2.75, 3.05) is 26.4 Å². The summed E-state index contributed by atoms with van der Waals surface area (Å²) in [5.41, 5.74) is 5.42. The molecule has 2 atom stereocenters. The number of nitrogens with two attached hydrogens (primary N) is 1. The maximum atomic E-state index is 12.8. The lowest BCUT2D eigenvalue weighted by Gasteiger charge is -2.19. The number of phosphoric ester groups is 1. The second kappa shape index (κ2) is 82.7. The van der Waals surface area contributed by atoms with Crippen molar-refractivity contribution in [2.45, 2.75) is 502 Å². The van der Waals surface area contributed by atoms with Crippen molar-refractivity contribution in [3.05, 3.63) is 12.2 Å². The van der Waals surface area contributed by atoms with Gasteiger partial charge in [0, 0.05) is 19.4 Å². The Kier molecular flexibility index (Phi) is 81.6. The normalized spacial score (nSPS) is 12.8. The van der Waals surface area contributed by atoms with Gasteiger partial charge in [-0.2, -0.15) is 0 Å². The van der Waals surface area contributed by atoms with Gasteiger partial charge in [-0.25, -0.2) is 4.57 Å². The molecule has 3 N–H and O–H groups in total. The van der Waals surface area contributed by atoms with Crippen LogP contribution in [0.15, 0.2) is 12.2 Å². The summed E-state index contributed by atoms with van der Waals surface area (Å²) >= 11 is 0. The first-order valence-electron chi connectivity index (χ1n) is 43.7. The van der Waals surface area contributed by atoms with Crippen LogP contribution in [0.5, 0.6) is 0 Å². The highest BCUT2D eigenvalue weighted by Gasteiger charge is 2.26. The zero-order valence-electron chi connectivity index (χ0n) is 64.9. The van der Waals surface area contributed by atoms with Crippen molar-refractivity contribution in [3.8, 4) is 0 Å². The van der Waals surface area contributed by atoms with Crippen LogP contribution in [0.25, 0.3) is 0 Å². The summed E-state index contributed by atoms with van der Waals surface area (Å²) in [5, 5.41) is 0. The average Bonchev–Trinajstić information content (AvgIpc) is 3.21. The molecule has 0 rings (SSSR count). The summed E-state index contributed by atoms with van der Waals surface area (Å²) in [6, 6.07) is 0. The third-order valence-electron chi connectivity index (χ3n) is 20.4. The highest BCUT2D eigenvalue weighted by atomic mass is 31.2. The van der Waals surface area contributed by atoms with Gasteiger partial charge >= 0.3 is 19.8 Å². The van der Waals surface area contributed by atoms with Crippen LogP contribution >= 0.6 is 7.82 Å². The second-order valence-corrected chi connectivity index (χ2v) is 31.6. The molecule has 0 saturated heterocycles. The third-order valence-corrected chi connectivity index (χ3v) is 21.4. The van der Waals surface area contributed by atoms with E-state index in [2.05, 4.69) is 26.0 Å². The van der Waals surface area contributed by atoms with Crippen LogP contribution in [0.4, 0.5) is 0 Å². The molecule has 0 aliphatic heterocycles. The summed E-state index contributed by atoms with van der Waals surface area (Å²) in [6.45, 7) is 3.86. The molecule has 0 aromatic carbocycles. The average molecular weight is 1380 g/mol. The minimum atomic E-state index is -4.39. The summed E-state index contributed by atoms with van der Waals surface area (Å²) in [7, 11) is -4.39. The zero-order valence-corrected chi connectivity index (χ0v) is 65.8. The molecule has 0 saturated carbocycles. The lowest BCUT2D eigenvalue weighted by atomic mass is 10.0. The van der Waals surface area contributed by atoms with Gasteiger partial charge in [0.25, 0.3) is 0 Å². The Balaban J connectivity index is 3.69. The van der Waals surface area contributed by atoms with Gasteiger partial charge in [-0.15, -0.1) is 0 Å². The van der Waals surface area contributed by atoms with Crippen molar-refractivity contribution >= 4 is 19.8 Å². The van der Waals surface area contributed by atoms with Crippen LogP contribution in [-0.2, 0) is 32.7 Å². The highest BCUT2D eigenvalue weighted by molar-refractivity contribution is 7.47. The molecule has 0 fully saturated rings. The fraction of sp³-hybridized carbons (Fsp3) is 0.953. The molecule has 9 nitrogen and oxygen atoms in total. The van der Waals surface area contributed by atoms with Crippen LogP contribution in [0, 0.1) is 0 Å². The standard InChI is InChI=1S/C86H170NO8P/c1-3-5-7-9-11-13-15-17-19-21-23-25-27-29-31-33-35-37-39-41-42-43-45-47-49-51-53-55-57-59-61-63-65-67-69-71-73-75-77-79-86(89)95-84(83-94-96(90,91)93-81-80-87)82-92-85(88)78-76-74-72-70-68-66-64-62-60-58-56-54-52-50-48-46-44-40-38-36-34-32-30-28-26-24-22-20-18-16-14-12-10-8-6-4-2/h21,23,84H,3-20,22,24-83,87H2,1-2H3,(H,90,91)/b23-21-. The third kappa shape index (κ3) is 81.7. The van der Waals surface area contributed by atoms with E-state index in [-0.39, 0.29) is 32.1 Å². The number of phosphoric acid groups is 1. The zero-order chi connectivity index (χ0) is 69.3. The summed E-state index contributed by atoms with van der Waals surface area (Å²) in [6.07, 6.45) is 104. The first kappa shape index (κ1) is 94.8. The van der Waals surface area contributed by atoms with Crippen LogP contribution in [0.1, 0.15) is 495 Å². The molecule has 572 valence electrons. The van der Waals surface area contributed by atoms with Crippen molar-refractivity contribution in [2.24, 2.45) is 5.73 Å². The topological polar surface area (TPSA) is 134 Å². The molecule has 0 spiro atoms. The first-order chi connectivity index (χ1) is 47.3. The Morgan fingerprint density at radius 2 is 0.510 bits per heavy atom. The number of unbranched alkanes of at least 4 members (excludes halogenated alkanes) is 70. The molecule has 0 amide bonds. The van der Waals surface area contributed by atoms with E-state index >= 15 is 0 Å². The second-order valence-electron chi connectivity index (χ2n) is 30.1. The van der Waals surface area contributed by atoms with Gasteiger partial charge in [0.05, 0.1) is 13.2 Å². The van der Waals surface area contributed by atoms with Crippen LogP contribution < -0.4 is 5.73 Å². The Bertz CT molecular complexity index is 1580. The predicted octanol–water partition coefficient (Wildman–Crippen LogP) is 29.4. The molecule has 0 aliphatic rings. The molecule has 0 aliphatic carbocycles. The van der Waals surface area contributed by atoms with Gasteiger partial charge < -0.3 is 20.1 Å². The van der Waals surface area contributed by atoms with Crippen LogP contribution in [-0.4, -0.2) is 49.3 Å². The summed E-state index contributed by atoms with van der Waals surface area (Å²) < 4.78 is 33.3. The molecule has 96 heavy (non-hydrogen) atoms. The molecule has 2 unspecified atom stereocenters. The van der Waals surface area contributed by atoms with Crippen LogP contribution in [0.2, 0.25) is 0 Å². The summed E-state index contributed by atoms with van der Waals surface area (Å²) in [5.74, 6) is -0.794. The van der Waals surface area contributed by atoms with Crippen LogP contribution in [0.3, 0.4) is 0 Å². The van der Waals surface area contributed by atoms with E-state index in [1.54, 1.807) is 0 Å². The van der Waals surface area contributed by atoms with E-state index in [9.17, 15) is 19.0 Å². The summed E-state index contributed by atoms with van der Waals surface area (Å²) in [4.78, 5) is 35.5. The Labute approximate surface area is 600 Å². The van der Waals surface area contributed by atoms with E-state index in [1.165, 1.54) is 430 Å². The number of hydrogen-bond acceptors (Lipinski definition) is 8. The first-order valence-corrected chi connectivity index (χ1v) is 45.2. The molecular weight excluding hydrogens is 1210 g/mol. The Morgan fingerprint density at radius 1 is 0.302 bits per heavy atom. The number of carbonyl (C=O) groups excluding carboxylic acids is 2.